The summed E-state index contributed by atoms with van der Waals surface area (Å²) >= 11 is 0. The van der Waals surface area contributed by atoms with E-state index in [-0.39, 0.29) is 0 Å². The molecular formula is C8H17N3O. The number of rotatable bonds is 4. The molecule has 1 aliphatic rings. The lowest BCUT2D eigenvalue weighted by Gasteiger charge is -2.14. The Morgan fingerprint density at radius 1 is 1.75 bits per heavy atom. The first-order valence-corrected chi connectivity index (χ1v) is 4.36. The van der Waals surface area contributed by atoms with Gasteiger partial charge in [-0.3, -0.25) is 4.99 Å². The van der Waals surface area contributed by atoms with E-state index in [1.807, 2.05) is 0 Å². The van der Waals surface area contributed by atoms with Crippen LogP contribution in [0.2, 0.25) is 0 Å². The van der Waals surface area contributed by atoms with Gasteiger partial charge in [-0.15, -0.1) is 0 Å². The number of hydrogen-bond acceptors (Lipinski definition) is 4. The minimum absolute atomic E-state index is 0.425. The smallest absolute Gasteiger partial charge is 0.191 e. The van der Waals surface area contributed by atoms with Crippen molar-refractivity contribution in [2.75, 3.05) is 26.8 Å². The molecule has 1 rings (SSSR count). The second kappa shape index (κ2) is 4.98. The van der Waals surface area contributed by atoms with Crippen molar-refractivity contribution >= 4 is 5.96 Å². The van der Waals surface area contributed by atoms with E-state index in [1.165, 1.54) is 0 Å². The highest BCUT2D eigenvalue weighted by Gasteiger charge is 2.07. The third kappa shape index (κ3) is 3.09. The molecule has 1 atom stereocenters. The van der Waals surface area contributed by atoms with Gasteiger partial charge in [0.05, 0.1) is 6.54 Å². The van der Waals surface area contributed by atoms with Gasteiger partial charge in [-0.1, -0.05) is 0 Å². The molecule has 4 heteroatoms. The fourth-order valence-corrected chi connectivity index (χ4v) is 1.09. The molecule has 1 aliphatic heterocycles. The van der Waals surface area contributed by atoms with Crippen LogP contribution in [0.1, 0.15) is 13.3 Å². The molecule has 0 aliphatic carbocycles. The van der Waals surface area contributed by atoms with Crippen molar-refractivity contribution in [2.45, 2.75) is 19.4 Å². The standard InChI is InChI=1S/C8H17N3O/c1-7(3-6-12-2)11-8-9-4-5-10-8/h7H,3-6H2,1-2H3,(H2,9,10,11). The van der Waals surface area contributed by atoms with Crippen LogP contribution >= 0.6 is 0 Å². The molecule has 12 heavy (non-hydrogen) atoms. The highest BCUT2D eigenvalue weighted by molar-refractivity contribution is 5.81. The number of nitrogens with one attached hydrogen (secondary N) is 2. The van der Waals surface area contributed by atoms with Gasteiger partial charge in [-0.2, -0.15) is 0 Å². The van der Waals surface area contributed by atoms with Crippen LogP contribution in [-0.4, -0.2) is 38.8 Å². The third-order valence-electron chi connectivity index (χ3n) is 1.81. The largest absolute Gasteiger partial charge is 0.385 e. The van der Waals surface area contributed by atoms with Gasteiger partial charge in [0.25, 0.3) is 0 Å². The zero-order valence-electron chi connectivity index (χ0n) is 7.76. The molecule has 0 bridgehead atoms. The molecular weight excluding hydrogens is 154 g/mol. The highest BCUT2D eigenvalue weighted by atomic mass is 16.5. The molecule has 0 saturated carbocycles. The van der Waals surface area contributed by atoms with Crippen molar-refractivity contribution < 1.29 is 4.74 Å². The Balaban J connectivity index is 2.12. The first-order chi connectivity index (χ1) is 5.83. The molecule has 0 spiro atoms. The maximum Gasteiger partial charge on any atom is 0.191 e. The predicted octanol–water partition coefficient (Wildman–Crippen LogP) is -0.0398. The van der Waals surface area contributed by atoms with Gasteiger partial charge in [0.1, 0.15) is 0 Å². The topological polar surface area (TPSA) is 45.6 Å². The molecule has 0 aromatic rings. The summed E-state index contributed by atoms with van der Waals surface area (Å²) in [5, 5.41) is 6.43. The molecule has 0 aromatic heterocycles. The minimum atomic E-state index is 0.425. The molecule has 0 amide bonds. The Morgan fingerprint density at radius 3 is 3.17 bits per heavy atom. The summed E-state index contributed by atoms with van der Waals surface area (Å²) in [6.45, 7) is 4.77. The van der Waals surface area contributed by atoms with Gasteiger partial charge in [0.2, 0.25) is 0 Å². The van der Waals surface area contributed by atoms with Gasteiger partial charge in [0, 0.05) is 26.3 Å². The van der Waals surface area contributed by atoms with Gasteiger partial charge < -0.3 is 15.4 Å². The van der Waals surface area contributed by atoms with E-state index in [0.717, 1.165) is 32.1 Å². The maximum absolute atomic E-state index is 4.98. The van der Waals surface area contributed by atoms with Crippen molar-refractivity contribution in [3.63, 3.8) is 0 Å². The summed E-state index contributed by atoms with van der Waals surface area (Å²) in [4.78, 5) is 4.24. The third-order valence-corrected chi connectivity index (χ3v) is 1.81. The lowest BCUT2D eigenvalue weighted by Crippen LogP contribution is -2.40. The highest BCUT2D eigenvalue weighted by Crippen LogP contribution is 1.92. The van der Waals surface area contributed by atoms with E-state index in [0.29, 0.717) is 6.04 Å². The van der Waals surface area contributed by atoms with E-state index < -0.39 is 0 Å². The van der Waals surface area contributed by atoms with Gasteiger partial charge in [-0.05, 0) is 13.3 Å². The molecule has 70 valence electrons. The molecule has 0 radical (unpaired) electrons. The van der Waals surface area contributed by atoms with Crippen molar-refractivity contribution in [3.05, 3.63) is 0 Å². The molecule has 0 aromatic carbocycles. The fraction of sp³-hybridized carbons (Fsp3) is 0.875. The lowest BCUT2D eigenvalue weighted by molar-refractivity contribution is 0.187. The van der Waals surface area contributed by atoms with Gasteiger partial charge in [-0.25, -0.2) is 0 Å². The fourth-order valence-electron chi connectivity index (χ4n) is 1.09. The van der Waals surface area contributed by atoms with E-state index in [9.17, 15) is 0 Å². The number of ether oxygens (including phenoxy) is 1. The Hall–Kier alpha value is -0.770. The van der Waals surface area contributed by atoms with Crippen LogP contribution in [0, 0.1) is 0 Å². The van der Waals surface area contributed by atoms with Crippen molar-refractivity contribution in [2.24, 2.45) is 4.99 Å². The summed E-state index contributed by atoms with van der Waals surface area (Å²) in [5.74, 6) is 0.929. The molecule has 4 nitrogen and oxygen atoms in total. The zero-order valence-corrected chi connectivity index (χ0v) is 7.76. The second-order valence-corrected chi connectivity index (χ2v) is 2.98. The summed E-state index contributed by atoms with van der Waals surface area (Å²) in [7, 11) is 1.72. The first-order valence-electron chi connectivity index (χ1n) is 4.36. The summed E-state index contributed by atoms with van der Waals surface area (Å²) < 4.78 is 4.98. The predicted molar refractivity (Wildman–Crippen MR) is 49.4 cm³/mol. The Morgan fingerprint density at radius 2 is 2.58 bits per heavy atom. The van der Waals surface area contributed by atoms with Crippen LogP contribution < -0.4 is 10.6 Å². The van der Waals surface area contributed by atoms with Crippen LogP contribution in [-0.2, 0) is 4.74 Å². The first kappa shape index (κ1) is 9.32. The second-order valence-electron chi connectivity index (χ2n) is 2.98. The van der Waals surface area contributed by atoms with Crippen molar-refractivity contribution in [1.29, 1.82) is 0 Å². The van der Waals surface area contributed by atoms with Crippen LogP contribution in [0.5, 0.6) is 0 Å². The molecule has 1 heterocycles. The van der Waals surface area contributed by atoms with E-state index in [1.54, 1.807) is 7.11 Å². The van der Waals surface area contributed by atoms with Crippen molar-refractivity contribution in [3.8, 4) is 0 Å². The normalized spacial score (nSPS) is 18.3. The molecule has 0 saturated heterocycles. The van der Waals surface area contributed by atoms with Crippen LogP contribution in [0.3, 0.4) is 0 Å². The summed E-state index contributed by atoms with van der Waals surface area (Å²) in [6, 6.07) is 0.425. The maximum atomic E-state index is 4.98. The minimum Gasteiger partial charge on any atom is -0.385 e. The van der Waals surface area contributed by atoms with Gasteiger partial charge in [0.15, 0.2) is 5.96 Å². The van der Waals surface area contributed by atoms with Crippen LogP contribution in [0.25, 0.3) is 0 Å². The SMILES string of the molecule is COCCC(C)NC1=NCCN1. The number of aliphatic imine (C=N–C) groups is 1. The summed E-state index contributed by atoms with van der Waals surface area (Å²) in [5.41, 5.74) is 0. The lowest BCUT2D eigenvalue weighted by atomic mass is 10.2. The average molecular weight is 171 g/mol. The number of nitrogens with zero attached hydrogens (tertiary/aromatic N) is 1. The van der Waals surface area contributed by atoms with E-state index >= 15 is 0 Å². The number of hydrogen-bond donors (Lipinski definition) is 2. The van der Waals surface area contributed by atoms with Crippen molar-refractivity contribution in [1.82, 2.24) is 10.6 Å². The van der Waals surface area contributed by atoms with E-state index in [4.69, 9.17) is 4.74 Å². The number of methoxy groups -OCH3 is 1. The van der Waals surface area contributed by atoms with Crippen LogP contribution in [0.15, 0.2) is 4.99 Å². The van der Waals surface area contributed by atoms with E-state index in [2.05, 4.69) is 22.5 Å². The molecule has 1 unspecified atom stereocenters. The van der Waals surface area contributed by atoms with Gasteiger partial charge >= 0.3 is 0 Å². The Labute approximate surface area is 73.4 Å². The zero-order chi connectivity index (χ0) is 8.81. The Kier molecular flexibility index (Phi) is 3.87. The Bertz CT molecular complexity index is 158. The number of guanidine groups is 1. The van der Waals surface area contributed by atoms with Crippen LogP contribution in [0.4, 0.5) is 0 Å². The monoisotopic (exact) mass is 171 g/mol. The quantitative estimate of drug-likeness (QED) is 0.624. The molecule has 0 fully saturated rings. The summed E-state index contributed by atoms with van der Waals surface area (Å²) in [6.07, 6.45) is 1.01. The average Bonchev–Trinajstić information content (AvgIpc) is 2.53. The molecule has 2 N–H and O–H groups in total.